The topological polar surface area (TPSA) is 37.4 Å². The Kier molecular flexibility index (Phi) is 3.55. The molecule has 0 unspecified atom stereocenters. The van der Waals surface area contributed by atoms with E-state index in [4.69, 9.17) is 0 Å². The largest absolute Gasteiger partial charge is 0.271 e. The molecule has 0 heterocycles. The van der Waals surface area contributed by atoms with E-state index in [1.54, 1.807) is 12.1 Å². The van der Waals surface area contributed by atoms with Crippen molar-refractivity contribution in [2.45, 2.75) is 6.92 Å². The first kappa shape index (κ1) is 11.5. The van der Waals surface area contributed by atoms with Gasteiger partial charge in [-0.15, -0.1) is 0 Å². The smallest absolute Gasteiger partial charge is 0.232 e. The van der Waals surface area contributed by atoms with Crippen LogP contribution in [0.15, 0.2) is 28.7 Å². The van der Waals surface area contributed by atoms with Gasteiger partial charge in [-0.05, 0) is 25.1 Å². The Labute approximate surface area is 92.9 Å². The van der Waals surface area contributed by atoms with E-state index >= 15 is 0 Å². The fourth-order valence-corrected chi connectivity index (χ4v) is 2.59. The van der Waals surface area contributed by atoms with Crippen molar-refractivity contribution in [1.82, 2.24) is 0 Å². The number of halogens is 1. The van der Waals surface area contributed by atoms with Crippen LogP contribution < -0.4 is 4.31 Å². The first-order valence-corrected chi connectivity index (χ1v) is 6.82. The zero-order valence-electron chi connectivity index (χ0n) is 8.07. The molecule has 0 radical (unpaired) electrons. The first-order chi connectivity index (χ1) is 6.45. The van der Waals surface area contributed by atoms with Gasteiger partial charge in [-0.2, -0.15) is 0 Å². The Balaban J connectivity index is 3.14. The molecule has 0 saturated heterocycles. The lowest BCUT2D eigenvalue weighted by molar-refractivity contribution is 0.598. The Morgan fingerprint density at radius 2 is 2.07 bits per heavy atom. The number of benzene rings is 1. The molecule has 0 fully saturated rings. The van der Waals surface area contributed by atoms with Crippen LogP contribution in [0, 0.1) is 0 Å². The summed E-state index contributed by atoms with van der Waals surface area (Å²) in [6, 6.07) is 7.23. The lowest BCUT2D eigenvalue weighted by Gasteiger charge is -2.20. The second-order valence-electron chi connectivity index (χ2n) is 2.91. The van der Waals surface area contributed by atoms with Crippen LogP contribution in [0.5, 0.6) is 0 Å². The molecule has 0 aliphatic heterocycles. The summed E-state index contributed by atoms with van der Waals surface area (Å²) in [5.74, 6) is 0. The standard InChI is InChI=1S/C9H12BrNO2S/c1-3-11(14(2,12)13)9-6-4-5-8(10)7-9/h4-7H,3H2,1-2H3. The molecule has 1 aromatic rings. The van der Waals surface area contributed by atoms with Crippen LogP contribution in [0.25, 0.3) is 0 Å². The Morgan fingerprint density at radius 1 is 1.43 bits per heavy atom. The van der Waals surface area contributed by atoms with Crippen LogP contribution >= 0.6 is 15.9 Å². The van der Waals surface area contributed by atoms with Crippen LogP contribution in [0.3, 0.4) is 0 Å². The highest BCUT2D eigenvalue weighted by molar-refractivity contribution is 9.10. The van der Waals surface area contributed by atoms with Gasteiger partial charge >= 0.3 is 0 Å². The van der Waals surface area contributed by atoms with Gasteiger partial charge in [0.25, 0.3) is 0 Å². The number of hydrogen-bond acceptors (Lipinski definition) is 2. The molecule has 3 nitrogen and oxygen atoms in total. The summed E-state index contributed by atoms with van der Waals surface area (Å²) in [5.41, 5.74) is 0.685. The molecule has 0 aromatic heterocycles. The molecule has 0 aliphatic rings. The average molecular weight is 278 g/mol. The quantitative estimate of drug-likeness (QED) is 0.850. The second-order valence-corrected chi connectivity index (χ2v) is 5.73. The Hall–Kier alpha value is -0.550. The van der Waals surface area contributed by atoms with Gasteiger partial charge < -0.3 is 0 Å². The van der Waals surface area contributed by atoms with Crippen LogP contribution in [-0.2, 0) is 10.0 Å². The summed E-state index contributed by atoms with van der Waals surface area (Å²) in [5, 5.41) is 0. The molecule has 78 valence electrons. The maximum atomic E-state index is 11.4. The van der Waals surface area contributed by atoms with Crippen molar-refractivity contribution in [3.63, 3.8) is 0 Å². The van der Waals surface area contributed by atoms with E-state index in [1.807, 2.05) is 19.1 Å². The van der Waals surface area contributed by atoms with Gasteiger partial charge in [0.1, 0.15) is 0 Å². The Morgan fingerprint density at radius 3 is 2.50 bits per heavy atom. The molecule has 0 N–H and O–H groups in total. The SMILES string of the molecule is CCN(c1cccc(Br)c1)S(C)(=O)=O. The van der Waals surface area contributed by atoms with Crippen molar-refractivity contribution >= 4 is 31.6 Å². The van der Waals surface area contributed by atoms with Gasteiger partial charge in [0, 0.05) is 11.0 Å². The van der Waals surface area contributed by atoms with Crippen molar-refractivity contribution in [3.8, 4) is 0 Å². The van der Waals surface area contributed by atoms with E-state index in [1.165, 1.54) is 10.6 Å². The van der Waals surface area contributed by atoms with E-state index in [9.17, 15) is 8.42 Å². The molecule has 0 atom stereocenters. The van der Waals surface area contributed by atoms with Crippen molar-refractivity contribution < 1.29 is 8.42 Å². The fourth-order valence-electron chi connectivity index (χ4n) is 1.24. The van der Waals surface area contributed by atoms with E-state index in [0.29, 0.717) is 12.2 Å². The molecular weight excluding hydrogens is 266 g/mol. The molecule has 14 heavy (non-hydrogen) atoms. The van der Waals surface area contributed by atoms with Gasteiger partial charge in [0.15, 0.2) is 0 Å². The minimum Gasteiger partial charge on any atom is -0.271 e. The van der Waals surface area contributed by atoms with Crippen LogP contribution in [-0.4, -0.2) is 21.2 Å². The summed E-state index contributed by atoms with van der Waals surface area (Å²) in [4.78, 5) is 0. The van der Waals surface area contributed by atoms with Gasteiger partial charge in [-0.1, -0.05) is 22.0 Å². The summed E-state index contributed by atoms with van der Waals surface area (Å²) < 4.78 is 25.0. The highest BCUT2D eigenvalue weighted by Crippen LogP contribution is 2.21. The number of sulfonamides is 1. The monoisotopic (exact) mass is 277 g/mol. The molecule has 1 aromatic carbocycles. The molecule has 0 bridgehead atoms. The number of hydrogen-bond donors (Lipinski definition) is 0. The normalized spacial score (nSPS) is 11.4. The lowest BCUT2D eigenvalue weighted by Crippen LogP contribution is -2.29. The highest BCUT2D eigenvalue weighted by Gasteiger charge is 2.14. The van der Waals surface area contributed by atoms with E-state index in [2.05, 4.69) is 15.9 Å². The molecule has 1 rings (SSSR count). The zero-order chi connectivity index (χ0) is 10.8. The van der Waals surface area contributed by atoms with Crippen molar-refractivity contribution in [3.05, 3.63) is 28.7 Å². The molecule has 0 amide bonds. The third-order valence-corrected chi connectivity index (χ3v) is 3.55. The third kappa shape index (κ3) is 2.72. The van der Waals surface area contributed by atoms with Gasteiger partial charge in [0.05, 0.1) is 11.9 Å². The van der Waals surface area contributed by atoms with Crippen LogP contribution in [0.2, 0.25) is 0 Å². The van der Waals surface area contributed by atoms with Crippen molar-refractivity contribution in [2.24, 2.45) is 0 Å². The maximum absolute atomic E-state index is 11.4. The van der Waals surface area contributed by atoms with Gasteiger partial charge in [-0.3, -0.25) is 4.31 Å². The van der Waals surface area contributed by atoms with Crippen LogP contribution in [0.1, 0.15) is 6.92 Å². The molecule has 5 heteroatoms. The molecular formula is C9H12BrNO2S. The fraction of sp³-hybridized carbons (Fsp3) is 0.333. The number of anilines is 1. The van der Waals surface area contributed by atoms with Gasteiger partial charge in [0.2, 0.25) is 10.0 Å². The maximum Gasteiger partial charge on any atom is 0.232 e. The summed E-state index contributed by atoms with van der Waals surface area (Å²) in [6.45, 7) is 2.25. The van der Waals surface area contributed by atoms with Crippen molar-refractivity contribution in [2.75, 3.05) is 17.1 Å². The number of nitrogens with zero attached hydrogens (tertiary/aromatic N) is 1. The van der Waals surface area contributed by atoms with E-state index < -0.39 is 10.0 Å². The van der Waals surface area contributed by atoms with Crippen LogP contribution in [0.4, 0.5) is 5.69 Å². The van der Waals surface area contributed by atoms with E-state index in [-0.39, 0.29) is 0 Å². The van der Waals surface area contributed by atoms with Crippen molar-refractivity contribution in [1.29, 1.82) is 0 Å². The second kappa shape index (κ2) is 4.31. The summed E-state index contributed by atoms with van der Waals surface area (Å²) in [7, 11) is -3.17. The predicted molar refractivity (Wildman–Crippen MR) is 62.0 cm³/mol. The summed E-state index contributed by atoms with van der Waals surface area (Å²) >= 11 is 3.30. The summed E-state index contributed by atoms with van der Waals surface area (Å²) in [6.07, 6.45) is 1.21. The predicted octanol–water partition coefficient (Wildman–Crippen LogP) is 2.24. The van der Waals surface area contributed by atoms with E-state index in [0.717, 1.165) is 4.47 Å². The molecule has 0 spiro atoms. The lowest BCUT2D eigenvalue weighted by atomic mass is 10.3. The molecule has 0 saturated carbocycles. The number of rotatable bonds is 3. The minimum atomic E-state index is -3.17. The third-order valence-electron chi connectivity index (χ3n) is 1.78. The average Bonchev–Trinajstić information content (AvgIpc) is 2.02. The highest BCUT2D eigenvalue weighted by atomic mass is 79.9. The first-order valence-electron chi connectivity index (χ1n) is 4.18. The minimum absolute atomic E-state index is 0.440. The molecule has 0 aliphatic carbocycles. The zero-order valence-corrected chi connectivity index (χ0v) is 10.5. The Bertz CT molecular complexity index is 417. The van der Waals surface area contributed by atoms with Gasteiger partial charge in [-0.25, -0.2) is 8.42 Å².